The van der Waals surface area contributed by atoms with E-state index in [2.05, 4.69) is 117 Å². The number of benzene rings is 7. The average molecular weight is 668 g/mol. The summed E-state index contributed by atoms with van der Waals surface area (Å²) in [7, 11) is 0. The van der Waals surface area contributed by atoms with E-state index in [-0.39, 0.29) is 5.41 Å². The fourth-order valence-electron chi connectivity index (χ4n) is 7.91. The van der Waals surface area contributed by atoms with Crippen LogP contribution in [0.3, 0.4) is 0 Å². The van der Waals surface area contributed by atoms with Gasteiger partial charge in [0.25, 0.3) is 0 Å². The van der Waals surface area contributed by atoms with E-state index in [1.807, 2.05) is 60.7 Å². The molecule has 0 N–H and O–H groups in total. The van der Waals surface area contributed by atoms with Gasteiger partial charge >= 0.3 is 0 Å². The summed E-state index contributed by atoms with van der Waals surface area (Å²) in [6.07, 6.45) is 0. The van der Waals surface area contributed by atoms with Gasteiger partial charge in [-0.2, -0.15) is 0 Å². The maximum atomic E-state index is 6.91. The molecule has 10 rings (SSSR count). The maximum absolute atomic E-state index is 6.91. The normalized spacial score (nSPS) is 13.0. The lowest BCUT2D eigenvalue weighted by Crippen LogP contribution is -2.14. The third-order valence-electron chi connectivity index (χ3n) is 10.6. The van der Waals surface area contributed by atoms with Crippen LogP contribution in [0.15, 0.2) is 168 Å². The molecule has 2 heterocycles. The zero-order valence-corrected chi connectivity index (χ0v) is 28.8. The largest absolute Gasteiger partial charge is 0.455 e. The van der Waals surface area contributed by atoms with Crippen molar-refractivity contribution in [3.8, 4) is 67.5 Å². The number of fused-ring (bicyclic) bond motifs is 6. The van der Waals surface area contributed by atoms with E-state index in [1.165, 1.54) is 22.3 Å². The average Bonchev–Trinajstić information content (AvgIpc) is 3.70. The van der Waals surface area contributed by atoms with Crippen LogP contribution in [0, 0.1) is 0 Å². The van der Waals surface area contributed by atoms with Gasteiger partial charge in [0.15, 0.2) is 17.5 Å². The first-order valence-electron chi connectivity index (χ1n) is 17.7. The van der Waals surface area contributed by atoms with Crippen LogP contribution in [0.2, 0.25) is 0 Å². The molecule has 0 saturated carbocycles. The molecule has 2 aromatic heterocycles. The molecule has 0 bridgehead atoms. The number of aromatic nitrogens is 3. The molecule has 1 aliphatic rings. The van der Waals surface area contributed by atoms with E-state index < -0.39 is 0 Å². The fourth-order valence-corrected chi connectivity index (χ4v) is 7.91. The molecule has 0 spiro atoms. The summed E-state index contributed by atoms with van der Waals surface area (Å²) in [5, 5.41) is 2.19. The number of hydrogen-bond donors (Lipinski definition) is 0. The lowest BCUT2D eigenvalue weighted by molar-refractivity contribution is 0.660. The zero-order chi connectivity index (χ0) is 34.8. The van der Waals surface area contributed by atoms with Crippen LogP contribution in [0.4, 0.5) is 0 Å². The molecule has 0 aliphatic heterocycles. The van der Waals surface area contributed by atoms with Crippen molar-refractivity contribution in [2.75, 3.05) is 0 Å². The lowest BCUT2D eigenvalue weighted by Gasteiger charge is -2.22. The Balaban J connectivity index is 1.09. The minimum atomic E-state index is -0.0792. The van der Waals surface area contributed by atoms with Crippen LogP contribution in [0.25, 0.3) is 89.5 Å². The molecule has 4 nitrogen and oxygen atoms in total. The summed E-state index contributed by atoms with van der Waals surface area (Å²) < 4.78 is 6.91. The Morgan fingerprint density at radius 1 is 0.365 bits per heavy atom. The van der Waals surface area contributed by atoms with Gasteiger partial charge in [-0.25, -0.2) is 15.0 Å². The second-order valence-electron chi connectivity index (χ2n) is 14.0. The van der Waals surface area contributed by atoms with Crippen molar-refractivity contribution >= 4 is 21.9 Å². The molecule has 0 unspecified atom stereocenters. The lowest BCUT2D eigenvalue weighted by atomic mass is 9.81. The van der Waals surface area contributed by atoms with Gasteiger partial charge in [0.1, 0.15) is 11.2 Å². The molecule has 0 atom stereocenters. The smallest absolute Gasteiger partial charge is 0.164 e. The monoisotopic (exact) mass is 667 g/mol. The molecule has 0 radical (unpaired) electrons. The predicted molar refractivity (Wildman–Crippen MR) is 212 cm³/mol. The van der Waals surface area contributed by atoms with Gasteiger partial charge in [0.2, 0.25) is 0 Å². The van der Waals surface area contributed by atoms with Crippen LogP contribution in [-0.4, -0.2) is 15.0 Å². The first-order valence-corrected chi connectivity index (χ1v) is 17.7. The van der Waals surface area contributed by atoms with Gasteiger partial charge in [-0.1, -0.05) is 166 Å². The van der Waals surface area contributed by atoms with Crippen molar-refractivity contribution in [3.05, 3.63) is 175 Å². The van der Waals surface area contributed by atoms with E-state index in [9.17, 15) is 0 Å². The van der Waals surface area contributed by atoms with E-state index in [0.29, 0.717) is 17.5 Å². The summed E-state index contributed by atoms with van der Waals surface area (Å²) in [5.74, 6) is 1.90. The molecule has 52 heavy (non-hydrogen) atoms. The Labute approximate surface area is 302 Å². The topological polar surface area (TPSA) is 51.8 Å². The summed E-state index contributed by atoms with van der Waals surface area (Å²) in [4.78, 5) is 14.8. The Morgan fingerprint density at radius 3 is 1.46 bits per heavy atom. The van der Waals surface area contributed by atoms with Crippen LogP contribution >= 0.6 is 0 Å². The molecular weight excluding hydrogens is 635 g/mol. The molecule has 0 fully saturated rings. The van der Waals surface area contributed by atoms with Gasteiger partial charge in [0.05, 0.1) is 0 Å². The Hall–Kier alpha value is -6.65. The Morgan fingerprint density at radius 2 is 0.827 bits per heavy atom. The molecule has 1 aliphatic carbocycles. The van der Waals surface area contributed by atoms with Gasteiger partial charge in [-0.05, 0) is 45.5 Å². The van der Waals surface area contributed by atoms with Crippen LogP contribution < -0.4 is 0 Å². The quantitative estimate of drug-likeness (QED) is 0.183. The van der Waals surface area contributed by atoms with Crippen molar-refractivity contribution in [2.45, 2.75) is 19.3 Å². The fraction of sp³-hybridized carbons (Fsp3) is 0.0625. The maximum Gasteiger partial charge on any atom is 0.164 e. The molecule has 9 aromatic rings. The molecular formula is C48H33N3O. The van der Waals surface area contributed by atoms with Crippen molar-refractivity contribution < 1.29 is 4.42 Å². The number of furan rings is 1. The van der Waals surface area contributed by atoms with E-state index in [4.69, 9.17) is 19.4 Å². The minimum Gasteiger partial charge on any atom is -0.455 e. The van der Waals surface area contributed by atoms with E-state index in [0.717, 1.165) is 60.9 Å². The summed E-state index contributed by atoms with van der Waals surface area (Å²) in [5.41, 5.74) is 14.1. The van der Waals surface area contributed by atoms with Crippen molar-refractivity contribution in [3.63, 3.8) is 0 Å². The van der Waals surface area contributed by atoms with Crippen molar-refractivity contribution in [1.82, 2.24) is 15.0 Å². The van der Waals surface area contributed by atoms with Crippen molar-refractivity contribution in [1.29, 1.82) is 0 Å². The van der Waals surface area contributed by atoms with Gasteiger partial charge in [-0.15, -0.1) is 0 Å². The number of para-hydroxylation sites is 2. The number of nitrogens with zero attached hydrogens (tertiary/aromatic N) is 3. The second kappa shape index (κ2) is 11.7. The Bertz CT molecular complexity index is 2760. The number of hydrogen-bond acceptors (Lipinski definition) is 4. The highest BCUT2D eigenvalue weighted by atomic mass is 16.3. The third-order valence-corrected chi connectivity index (χ3v) is 10.6. The summed E-state index contributed by atoms with van der Waals surface area (Å²) >= 11 is 0. The first-order chi connectivity index (χ1) is 25.5. The highest BCUT2D eigenvalue weighted by Gasteiger charge is 2.35. The van der Waals surface area contributed by atoms with Crippen LogP contribution in [-0.2, 0) is 5.41 Å². The van der Waals surface area contributed by atoms with E-state index >= 15 is 0 Å². The molecule has 4 heteroatoms. The van der Waals surface area contributed by atoms with Crippen molar-refractivity contribution in [2.24, 2.45) is 0 Å². The standard InChI is InChI=1S/C48H33N3O/c1-48(2)41-25-10-9-20-37(41)38-27-26-33(29-42(38)48)36-22-13-24-40-39-23-12-21-35(43(39)52-44(36)40)32-18-11-19-34(28-32)47-50-45(30-14-5-3-6-15-30)49-46(51-47)31-16-7-4-8-17-31/h3-29H,1-2H3. The molecule has 0 saturated heterocycles. The SMILES string of the molecule is CC1(C)c2ccccc2-c2ccc(-c3cccc4c3oc3c(-c5cccc(-c6nc(-c7ccccc7)nc(-c7ccccc7)n6)c5)cccc34)cc21. The summed E-state index contributed by atoms with van der Waals surface area (Å²) in [6.45, 7) is 4.65. The van der Waals surface area contributed by atoms with Gasteiger partial charge in [0, 0.05) is 44.0 Å². The Kier molecular flexibility index (Phi) is 6.80. The highest BCUT2D eigenvalue weighted by Crippen LogP contribution is 2.50. The van der Waals surface area contributed by atoms with Gasteiger partial charge < -0.3 is 4.42 Å². The summed E-state index contributed by atoms with van der Waals surface area (Å²) in [6, 6.07) is 57.1. The molecule has 7 aromatic carbocycles. The minimum absolute atomic E-state index is 0.0792. The second-order valence-corrected chi connectivity index (χ2v) is 14.0. The highest BCUT2D eigenvalue weighted by molar-refractivity contribution is 6.13. The third kappa shape index (κ3) is 4.79. The number of rotatable bonds is 5. The zero-order valence-electron chi connectivity index (χ0n) is 28.8. The van der Waals surface area contributed by atoms with Crippen LogP contribution in [0.5, 0.6) is 0 Å². The first kappa shape index (κ1) is 30.2. The predicted octanol–water partition coefficient (Wildman–Crippen LogP) is 12.4. The molecule has 0 amide bonds. The van der Waals surface area contributed by atoms with E-state index in [1.54, 1.807) is 0 Å². The van der Waals surface area contributed by atoms with Crippen LogP contribution in [0.1, 0.15) is 25.0 Å². The van der Waals surface area contributed by atoms with Gasteiger partial charge in [-0.3, -0.25) is 0 Å². The molecule has 246 valence electrons.